The smallest absolute Gasteiger partial charge is 0.258 e. The van der Waals surface area contributed by atoms with Crippen molar-refractivity contribution >= 4 is 35.6 Å². The number of methoxy groups -OCH3 is 3. The molecular formula is C30H39ClN6O4. The summed E-state index contributed by atoms with van der Waals surface area (Å²) in [5, 5.41) is 13.2. The second-order valence-corrected chi connectivity index (χ2v) is 9.78. The van der Waals surface area contributed by atoms with Crippen LogP contribution in [0.15, 0.2) is 54.6 Å². The largest absolute Gasteiger partial charge is 0.493 e. The number of hydrogen-bond donors (Lipinski definition) is 4. The maximum Gasteiger partial charge on any atom is 0.258 e. The number of rotatable bonds is 10. The second kappa shape index (κ2) is 14.6. The average Bonchev–Trinajstić information content (AvgIpc) is 2.95. The molecule has 1 amide bonds. The Bertz CT molecular complexity index is 1340. The molecule has 3 aromatic carbocycles. The van der Waals surface area contributed by atoms with Gasteiger partial charge in [0.05, 0.1) is 21.3 Å². The van der Waals surface area contributed by atoms with Gasteiger partial charge in [0.15, 0.2) is 17.5 Å². The van der Waals surface area contributed by atoms with Gasteiger partial charge in [-0.05, 0) is 42.8 Å². The normalized spacial score (nSPS) is 13.6. The van der Waals surface area contributed by atoms with Gasteiger partial charge in [-0.15, -0.1) is 12.4 Å². The van der Waals surface area contributed by atoms with Crippen molar-refractivity contribution in [1.29, 1.82) is 5.41 Å². The van der Waals surface area contributed by atoms with Crippen LogP contribution in [0.1, 0.15) is 27.0 Å². The molecule has 0 bridgehead atoms. The fraction of sp³-hybridized carbons (Fsp3) is 0.333. The number of nitrogens with zero attached hydrogens (tertiary/aromatic N) is 2. The third-order valence-corrected chi connectivity index (χ3v) is 6.99. The van der Waals surface area contributed by atoms with E-state index in [4.69, 9.17) is 25.4 Å². The monoisotopic (exact) mass is 582 g/mol. The molecule has 5 N–H and O–H groups in total. The predicted molar refractivity (Wildman–Crippen MR) is 164 cm³/mol. The van der Waals surface area contributed by atoms with Crippen LogP contribution >= 0.6 is 12.4 Å². The lowest BCUT2D eigenvalue weighted by Crippen LogP contribution is -2.45. The first kappa shape index (κ1) is 31.5. The number of benzene rings is 3. The predicted octanol–water partition coefficient (Wildman–Crippen LogP) is 4.13. The summed E-state index contributed by atoms with van der Waals surface area (Å²) in [6.45, 7) is 7.11. The number of anilines is 2. The number of aryl methyl sites for hydroxylation is 1. The van der Waals surface area contributed by atoms with Crippen LogP contribution in [0.5, 0.6) is 17.2 Å². The van der Waals surface area contributed by atoms with Gasteiger partial charge in [0.1, 0.15) is 0 Å². The quantitative estimate of drug-likeness (QED) is 0.208. The summed E-state index contributed by atoms with van der Waals surface area (Å²) in [6.07, 6.45) is 0. The van der Waals surface area contributed by atoms with Crippen molar-refractivity contribution in [2.24, 2.45) is 5.73 Å². The Balaban J connectivity index is 0.00000462. The first-order valence-corrected chi connectivity index (χ1v) is 13.2. The number of guanidine groups is 1. The van der Waals surface area contributed by atoms with Crippen molar-refractivity contribution in [2.75, 3.05) is 52.8 Å². The van der Waals surface area contributed by atoms with Crippen molar-refractivity contribution in [1.82, 2.24) is 15.1 Å². The molecule has 0 radical (unpaired) electrons. The van der Waals surface area contributed by atoms with E-state index in [0.717, 1.165) is 61.8 Å². The lowest BCUT2D eigenvalue weighted by Gasteiger charge is -2.35. The van der Waals surface area contributed by atoms with Crippen molar-refractivity contribution in [3.05, 3.63) is 76.9 Å². The fourth-order valence-corrected chi connectivity index (χ4v) is 4.83. The average molecular weight is 583 g/mol. The number of piperazine rings is 1. The van der Waals surface area contributed by atoms with Crippen LogP contribution in [-0.2, 0) is 13.1 Å². The zero-order valence-electron chi connectivity index (χ0n) is 24.0. The number of nitrogens with one attached hydrogen (secondary N) is 3. The highest BCUT2D eigenvalue weighted by molar-refractivity contribution is 6.05. The highest BCUT2D eigenvalue weighted by Gasteiger charge is 2.22. The summed E-state index contributed by atoms with van der Waals surface area (Å²) in [5.74, 6) is 1.16. The lowest BCUT2D eigenvalue weighted by molar-refractivity contribution is 0.0976. The third-order valence-electron chi connectivity index (χ3n) is 6.99. The van der Waals surface area contributed by atoms with Crippen molar-refractivity contribution < 1.29 is 19.0 Å². The van der Waals surface area contributed by atoms with Crippen molar-refractivity contribution in [3.63, 3.8) is 0 Å². The van der Waals surface area contributed by atoms with Crippen molar-refractivity contribution in [3.8, 4) is 17.2 Å². The van der Waals surface area contributed by atoms with E-state index in [1.165, 1.54) is 5.56 Å². The first-order chi connectivity index (χ1) is 19.3. The molecule has 1 saturated heterocycles. The van der Waals surface area contributed by atoms with Gasteiger partial charge in [-0.2, -0.15) is 0 Å². The molecule has 0 aliphatic carbocycles. The lowest BCUT2D eigenvalue weighted by atomic mass is 10.1. The molecular weight excluding hydrogens is 544 g/mol. The van der Waals surface area contributed by atoms with Gasteiger partial charge in [-0.1, -0.05) is 29.8 Å². The Morgan fingerprint density at radius 3 is 2.00 bits per heavy atom. The van der Waals surface area contributed by atoms with E-state index in [9.17, 15) is 4.79 Å². The van der Waals surface area contributed by atoms with Crippen LogP contribution in [0.2, 0.25) is 0 Å². The number of carbonyl (C=O) groups is 1. The standard InChI is InChI=1S/C30H38N6O4.ClH/c1-20-5-10-24(11-6-20)33-25-17-21(29(37)34-30(31)32)7-8-22(25)18-35-13-15-36(16-14-35)19-23-9-12-26(38-2)28(40-4)27(23)39-3;/h5-12,17,33H,13-16,18-19H2,1-4H3,(H4,31,32,34,37);1H. The minimum absolute atomic E-state index is 0. The van der Waals surface area contributed by atoms with E-state index in [1.54, 1.807) is 27.4 Å². The fourth-order valence-electron chi connectivity index (χ4n) is 4.83. The Kier molecular flexibility index (Phi) is 11.2. The van der Waals surface area contributed by atoms with Gasteiger partial charge in [-0.3, -0.25) is 25.3 Å². The molecule has 0 atom stereocenters. The highest BCUT2D eigenvalue weighted by Crippen LogP contribution is 2.40. The molecule has 220 valence electrons. The Morgan fingerprint density at radius 2 is 1.44 bits per heavy atom. The van der Waals surface area contributed by atoms with Gasteiger partial charge in [0, 0.05) is 61.8 Å². The number of ether oxygens (including phenoxy) is 3. The van der Waals surface area contributed by atoms with E-state index in [0.29, 0.717) is 22.8 Å². The first-order valence-electron chi connectivity index (χ1n) is 13.2. The Morgan fingerprint density at radius 1 is 0.854 bits per heavy atom. The maximum absolute atomic E-state index is 12.5. The Hall–Kier alpha value is -3.99. The minimum atomic E-state index is -0.412. The molecule has 1 aliphatic rings. The summed E-state index contributed by atoms with van der Waals surface area (Å²) < 4.78 is 16.6. The molecule has 1 fully saturated rings. The van der Waals surface area contributed by atoms with Crippen molar-refractivity contribution in [2.45, 2.75) is 20.0 Å². The molecule has 0 spiro atoms. The summed E-state index contributed by atoms with van der Waals surface area (Å²) in [4.78, 5) is 17.3. The molecule has 1 aliphatic heterocycles. The van der Waals surface area contributed by atoms with Crippen LogP contribution in [0, 0.1) is 12.3 Å². The molecule has 0 unspecified atom stereocenters. The van der Waals surface area contributed by atoms with Gasteiger partial charge in [0.25, 0.3) is 5.91 Å². The summed E-state index contributed by atoms with van der Waals surface area (Å²) in [5.41, 5.74) is 10.9. The number of carbonyl (C=O) groups excluding carboxylic acids is 1. The number of nitrogens with two attached hydrogens (primary N) is 1. The van der Waals surface area contributed by atoms with Gasteiger partial charge in [0.2, 0.25) is 5.75 Å². The zero-order chi connectivity index (χ0) is 28.6. The molecule has 11 heteroatoms. The van der Waals surface area contributed by atoms with E-state index in [-0.39, 0.29) is 18.4 Å². The summed E-state index contributed by atoms with van der Waals surface area (Å²) in [6, 6.07) is 17.6. The Labute approximate surface area is 247 Å². The van der Waals surface area contributed by atoms with E-state index < -0.39 is 5.91 Å². The topological polar surface area (TPSA) is 125 Å². The molecule has 0 saturated carbocycles. The van der Waals surface area contributed by atoms with Crippen LogP contribution in [0.25, 0.3) is 0 Å². The van der Waals surface area contributed by atoms with E-state index in [2.05, 4.69) is 20.4 Å². The van der Waals surface area contributed by atoms with Gasteiger partial charge < -0.3 is 25.3 Å². The molecule has 0 aromatic heterocycles. The summed E-state index contributed by atoms with van der Waals surface area (Å²) >= 11 is 0. The molecule has 10 nitrogen and oxygen atoms in total. The highest BCUT2D eigenvalue weighted by atomic mass is 35.5. The molecule has 1 heterocycles. The zero-order valence-corrected chi connectivity index (χ0v) is 24.8. The number of amides is 1. The molecule has 3 aromatic rings. The molecule has 4 rings (SSSR count). The second-order valence-electron chi connectivity index (χ2n) is 9.78. The number of halogens is 1. The molecule has 41 heavy (non-hydrogen) atoms. The van der Waals surface area contributed by atoms with E-state index >= 15 is 0 Å². The van der Waals surface area contributed by atoms with Crippen LogP contribution < -0.4 is 30.6 Å². The van der Waals surface area contributed by atoms with Gasteiger partial charge in [-0.25, -0.2) is 0 Å². The SMILES string of the molecule is COc1ccc(CN2CCN(Cc3ccc(C(=O)NC(=N)N)cc3Nc3ccc(C)cc3)CC2)c(OC)c1OC.Cl. The van der Waals surface area contributed by atoms with Crippen LogP contribution in [0.4, 0.5) is 11.4 Å². The van der Waals surface area contributed by atoms with E-state index in [1.807, 2.05) is 55.5 Å². The maximum atomic E-state index is 12.5. The van der Waals surface area contributed by atoms with Crippen LogP contribution in [-0.4, -0.2) is 69.2 Å². The summed E-state index contributed by atoms with van der Waals surface area (Å²) in [7, 11) is 4.88. The third kappa shape index (κ3) is 8.03. The number of hydrogen-bond acceptors (Lipinski definition) is 8. The van der Waals surface area contributed by atoms with Gasteiger partial charge >= 0.3 is 0 Å². The minimum Gasteiger partial charge on any atom is -0.493 e. The van der Waals surface area contributed by atoms with Crippen LogP contribution in [0.3, 0.4) is 0 Å².